The fraction of sp³-hybridized carbons (Fsp3) is 0.632. The molecule has 3 atom stereocenters. The van der Waals surface area contributed by atoms with Gasteiger partial charge in [0.2, 0.25) is 0 Å². The van der Waals surface area contributed by atoms with Crippen molar-refractivity contribution >= 4 is 21.7 Å². The second kappa shape index (κ2) is 6.24. The molecule has 2 heteroatoms. The zero-order valence-corrected chi connectivity index (χ0v) is 14.7. The van der Waals surface area contributed by atoms with Gasteiger partial charge in [0.25, 0.3) is 0 Å². The summed E-state index contributed by atoms with van der Waals surface area (Å²) in [6.45, 7) is 4.13. The molecule has 2 aliphatic carbocycles. The monoisotopic (exact) mass is 348 g/mol. The third-order valence-corrected chi connectivity index (χ3v) is 6.54. The lowest BCUT2D eigenvalue weighted by Gasteiger charge is -2.39. The van der Waals surface area contributed by atoms with E-state index < -0.39 is 0 Å². The van der Waals surface area contributed by atoms with Gasteiger partial charge in [0.15, 0.2) is 5.78 Å². The maximum absolute atomic E-state index is 12.9. The first-order valence-corrected chi connectivity index (χ1v) is 9.16. The first-order valence-electron chi connectivity index (χ1n) is 8.37. The van der Waals surface area contributed by atoms with E-state index in [9.17, 15) is 4.79 Å². The van der Waals surface area contributed by atoms with Crippen LogP contribution in [0.4, 0.5) is 0 Å². The number of carbonyl (C=O) groups excluding carboxylic acids is 1. The molecule has 0 amide bonds. The van der Waals surface area contributed by atoms with Crippen LogP contribution < -0.4 is 0 Å². The van der Waals surface area contributed by atoms with Crippen LogP contribution in [-0.4, -0.2) is 5.78 Å². The van der Waals surface area contributed by atoms with Crippen LogP contribution in [0.3, 0.4) is 0 Å². The molecule has 2 aliphatic rings. The molecule has 0 aliphatic heterocycles. The third-order valence-electron chi connectivity index (χ3n) is 5.68. The van der Waals surface area contributed by atoms with E-state index in [4.69, 9.17) is 0 Å². The molecule has 3 rings (SSSR count). The van der Waals surface area contributed by atoms with Gasteiger partial charge in [-0.05, 0) is 68.2 Å². The highest BCUT2D eigenvalue weighted by molar-refractivity contribution is 9.10. The van der Waals surface area contributed by atoms with Crippen molar-refractivity contribution in [1.29, 1.82) is 0 Å². The van der Waals surface area contributed by atoms with Gasteiger partial charge in [-0.25, -0.2) is 0 Å². The summed E-state index contributed by atoms with van der Waals surface area (Å²) in [5.74, 6) is 2.39. The number of rotatable bonds is 2. The van der Waals surface area contributed by atoms with E-state index in [1.807, 2.05) is 0 Å². The largest absolute Gasteiger partial charge is 0.294 e. The minimum Gasteiger partial charge on any atom is -0.294 e. The zero-order valence-electron chi connectivity index (χ0n) is 13.1. The number of hydrogen-bond donors (Lipinski definition) is 0. The van der Waals surface area contributed by atoms with Crippen molar-refractivity contribution in [3.63, 3.8) is 0 Å². The van der Waals surface area contributed by atoms with Crippen LogP contribution in [0.25, 0.3) is 0 Å². The highest BCUT2D eigenvalue weighted by Gasteiger charge is 2.35. The average Bonchev–Trinajstić information content (AvgIpc) is 2.50. The molecule has 1 aromatic rings. The molecule has 21 heavy (non-hydrogen) atoms. The second-order valence-electron chi connectivity index (χ2n) is 7.10. The van der Waals surface area contributed by atoms with Gasteiger partial charge in [-0.15, -0.1) is 0 Å². The molecular weight excluding hydrogens is 324 g/mol. The van der Waals surface area contributed by atoms with Crippen LogP contribution in [0.5, 0.6) is 0 Å². The fourth-order valence-corrected chi connectivity index (χ4v) is 4.84. The smallest absolute Gasteiger partial charge is 0.166 e. The lowest BCUT2D eigenvalue weighted by molar-refractivity contribution is 0.0762. The molecule has 3 unspecified atom stereocenters. The topological polar surface area (TPSA) is 17.1 Å². The van der Waals surface area contributed by atoms with Crippen LogP contribution in [0.2, 0.25) is 0 Å². The van der Waals surface area contributed by atoms with Gasteiger partial charge in [0.05, 0.1) is 0 Å². The van der Waals surface area contributed by atoms with Gasteiger partial charge in [-0.2, -0.15) is 0 Å². The Morgan fingerprint density at radius 1 is 1.00 bits per heavy atom. The van der Waals surface area contributed by atoms with E-state index in [0.29, 0.717) is 5.78 Å². The highest BCUT2D eigenvalue weighted by Crippen LogP contribution is 2.43. The number of ketones is 1. The van der Waals surface area contributed by atoms with E-state index in [1.54, 1.807) is 0 Å². The zero-order chi connectivity index (χ0) is 15.0. The Hall–Kier alpha value is -0.630. The molecule has 0 aromatic heterocycles. The highest BCUT2D eigenvalue weighted by atomic mass is 79.9. The number of aryl methyl sites for hydroxylation is 2. The quantitative estimate of drug-likeness (QED) is 0.612. The van der Waals surface area contributed by atoms with Crippen molar-refractivity contribution in [2.24, 2.45) is 17.8 Å². The minimum atomic E-state index is 0.267. The molecular formula is C19H25BrO. The Bertz CT molecular complexity index is 549. The molecule has 1 aromatic carbocycles. The van der Waals surface area contributed by atoms with Crippen molar-refractivity contribution < 1.29 is 4.79 Å². The first-order chi connectivity index (χ1) is 10.1. The Balaban J connectivity index is 1.78. The van der Waals surface area contributed by atoms with Crippen LogP contribution in [-0.2, 0) is 0 Å². The summed E-state index contributed by atoms with van der Waals surface area (Å²) in [5, 5.41) is 0. The Kier molecular flexibility index (Phi) is 4.54. The summed E-state index contributed by atoms with van der Waals surface area (Å²) in [6, 6.07) is 4.17. The van der Waals surface area contributed by atoms with E-state index in [2.05, 4.69) is 41.9 Å². The predicted molar refractivity (Wildman–Crippen MR) is 90.7 cm³/mol. The number of carbonyl (C=O) groups is 1. The van der Waals surface area contributed by atoms with E-state index in [0.717, 1.165) is 45.8 Å². The van der Waals surface area contributed by atoms with Crippen LogP contribution >= 0.6 is 15.9 Å². The molecule has 0 radical (unpaired) electrons. The van der Waals surface area contributed by atoms with Gasteiger partial charge in [-0.1, -0.05) is 41.6 Å². The van der Waals surface area contributed by atoms with Crippen LogP contribution in [0, 0.1) is 31.6 Å². The number of Topliss-reactive ketones (excluding diaryl/α,β-unsaturated/α-hetero) is 1. The second-order valence-corrected chi connectivity index (χ2v) is 7.95. The van der Waals surface area contributed by atoms with Crippen molar-refractivity contribution in [2.45, 2.75) is 58.8 Å². The maximum Gasteiger partial charge on any atom is 0.166 e. The summed E-state index contributed by atoms with van der Waals surface area (Å²) in [7, 11) is 0. The summed E-state index contributed by atoms with van der Waals surface area (Å²) in [5.41, 5.74) is 3.23. The normalized spacial score (nSPS) is 29.0. The Morgan fingerprint density at radius 3 is 2.48 bits per heavy atom. The lowest BCUT2D eigenvalue weighted by atomic mass is 9.66. The Labute approximate surface area is 136 Å². The van der Waals surface area contributed by atoms with Gasteiger partial charge < -0.3 is 0 Å². The summed E-state index contributed by atoms with van der Waals surface area (Å²) in [6.07, 6.45) is 9.06. The molecule has 0 saturated heterocycles. The van der Waals surface area contributed by atoms with E-state index in [1.165, 1.54) is 32.1 Å². The van der Waals surface area contributed by atoms with Crippen molar-refractivity contribution in [2.75, 3.05) is 0 Å². The Morgan fingerprint density at radius 2 is 1.71 bits per heavy atom. The summed E-state index contributed by atoms with van der Waals surface area (Å²) >= 11 is 3.56. The summed E-state index contributed by atoms with van der Waals surface area (Å²) < 4.78 is 1.10. The summed E-state index contributed by atoms with van der Waals surface area (Å²) in [4.78, 5) is 12.9. The number of hydrogen-bond acceptors (Lipinski definition) is 1. The van der Waals surface area contributed by atoms with Gasteiger partial charge in [-0.3, -0.25) is 4.79 Å². The number of halogens is 1. The molecule has 2 saturated carbocycles. The average molecular weight is 349 g/mol. The standard InChI is InChI=1S/C19H25BrO/c1-12-10-18(20)13(2)9-17(12)19(21)16-8-7-14-5-3-4-6-15(14)11-16/h9-10,14-16H,3-8,11H2,1-2H3. The SMILES string of the molecule is Cc1cc(C(=O)C2CCC3CCCCC3C2)c(C)cc1Br. The van der Waals surface area contributed by atoms with Crippen molar-refractivity contribution in [3.05, 3.63) is 33.3 Å². The van der Waals surface area contributed by atoms with E-state index in [-0.39, 0.29) is 5.92 Å². The minimum absolute atomic E-state index is 0.267. The third kappa shape index (κ3) is 3.11. The van der Waals surface area contributed by atoms with Gasteiger partial charge in [0.1, 0.15) is 0 Å². The molecule has 2 fully saturated rings. The lowest BCUT2D eigenvalue weighted by Crippen LogP contribution is -2.31. The maximum atomic E-state index is 12.9. The van der Waals surface area contributed by atoms with Crippen LogP contribution in [0.15, 0.2) is 16.6 Å². The molecule has 0 N–H and O–H groups in total. The predicted octanol–water partition coefficient (Wildman–Crippen LogP) is 5.86. The number of fused-ring (bicyclic) bond motifs is 1. The molecule has 0 bridgehead atoms. The van der Waals surface area contributed by atoms with E-state index >= 15 is 0 Å². The van der Waals surface area contributed by atoms with Gasteiger partial charge >= 0.3 is 0 Å². The van der Waals surface area contributed by atoms with Gasteiger partial charge in [0, 0.05) is 16.0 Å². The first kappa shape index (κ1) is 15.3. The molecule has 114 valence electrons. The van der Waals surface area contributed by atoms with Crippen molar-refractivity contribution in [1.82, 2.24) is 0 Å². The fourth-order valence-electron chi connectivity index (χ4n) is 4.38. The molecule has 0 spiro atoms. The molecule has 0 heterocycles. The van der Waals surface area contributed by atoms with Crippen molar-refractivity contribution in [3.8, 4) is 0 Å². The number of benzene rings is 1. The van der Waals surface area contributed by atoms with Crippen LogP contribution in [0.1, 0.15) is 66.4 Å². The molecule has 1 nitrogen and oxygen atoms in total.